The molecule has 4 aliphatic rings. The van der Waals surface area contributed by atoms with Gasteiger partial charge >= 0.3 is 0 Å². The summed E-state index contributed by atoms with van der Waals surface area (Å²) >= 11 is 0. The molecule has 152 valence electrons. The molecule has 0 radical (unpaired) electrons. The highest BCUT2D eigenvalue weighted by molar-refractivity contribution is 5.96. The Hall–Kier alpha value is -2.23. The van der Waals surface area contributed by atoms with Gasteiger partial charge in [-0.25, -0.2) is 4.39 Å². The summed E-state index contributed by atoms with van der Waals surface area (Å²) in [6.45, 7) is 7.10. The van der Waals surface area contributed by atoms with Gasteiger partial charge in [-0.1, -0.05) is 49.2 Å². The van der Waals surface area contributed by atoms with Crippen molar-refractivity contribution >= 4 is 11.3 Å². The molecule has 0 amide bonds. The van der Waals surface area contributed by atoms with Crippen molar-refractivity contribution in [1.82, 2.24) is 4.98 Å². The minimum atomic E-state index is -0.272. The lowest BCUT2D eigenvalue weighted by Crippen LogP contribution is -2.49. The molecule has 1 aromatic heterocycles. The number of oxime groups is 1. The van der Waals surface area contributed by atoms with Gasteiger partial charge in [0.1, 0.15) is 5.82 Å². The van der Waals surface area contributed by atoms with Crippen LogP contribution in [-0.4, -0.2) is 15.9 Å². The second-order valence-electron chi connectivity index (χ2n) is 9.92. The first-order valence-corrected chi connectivity index (χ1v) is 10.8. The highest BCUT2D eigenvalue weighted by Gasteiger charge is 2.56. The van der Waals surface area contributed by atoms with Gasteiger partial charge < -0.3 is 5.21 Å². The molecular weight excluding hydrogens is 363 g/mol. The van der Waals surface area contributed by atoms with Crippen molar-refractivity contribution in [1.29, 1.82) is 0 Å². The quantitative estimate of drug-likeness (QED) is 0.459. The molecule has 4 heteroatoms. The van der Waals surface area contributed by atoms with E-state index in [1.54, 1.807) is 12.3 Å². The summed E-state index contributed by atoms with van der Waals surface area (Å²) in [4.78, 5) is 4.09. The van der Waals surface area contributed by atoms with Crippen LogP contribution in [0.25, 0.3) is 5.57 Å². The zero-order valence-electron chi connectivity index (χ0n) is 17.5. The smallest absolute Gasteiger partial charge is 0.142 e. The summed E-state index contributed by atoms with van der Waals surface area (Å²) in [5.41, 5.74) is 6.10. The minimum absolute atomic E-state index is 0.0275. The van der Waals surface area contributed by atoms with E-state index in [1.807, 2.05) is 0 Å². The Morgan fingerprint density at radius 2 is 2.00 bits per heavy atom. The van der Waals surface area contributed by atoms with Crippen LogP contribution in [0.2, 0.25) is 0 Å². The maximum atomic E-state index is 13.8. The van der Waals surface area contributed by atoms with E-state index in [2.05, 4.69) is 49.1 Å². The van der Waals surface area contributed by atoms with Crippen molar-refractivity contribution in [2.75, 3.05) is 0 Å². The molecule has 5 rings (SSSR count). The maximum absolute atomic E-state index is 13.8. The van der Waals surface area contributed by atoms with Gasteiger partial charge in [-0.15, -0.1) is 0 Å². The average molecular weight is 393 g/mol. The van der Waals surface area contributed by atoms with Crippen LogP contribution in [0.3, 0.4) is 0 Å². The van der Waals surface area contributed by atoms with E-state index in [-0.39, 0.29) is 16.6 Å². The standard InChI is InChI=1S/C25H29FN2O/c1-15-10-19-21-5-4-20(16-11-17(26)14-27-13-16)24(21,2)9-7-22(19)25(3)8-6-18(28-29)12-23(15)25/h4-5,11-15,19,22,29H,6-10H2,1-3H3/b28-18+/t15?,19-,22-,24+,25+/m0/s1. The van der Waals surface area contributed by atoms with Gasteiger partial charge in [0.05, 0.1) is 11.9 Å². The number of halogens is 1. The van der Waals surface area contributed by atoms with Crippen LogP contribution in [0.1, 0.15) is 58.4 Å². The molecule has 0 aromatic carbocycles. The van der Waals surface area contributed by atoms with E-state index >= 15 is 0 Å². The van der Waals surface area contributed by atoms with E-state index in [0.717, 1.165) is 37.0 Å². The van der Waals surface area contributed by atoms with Crippen LogP contribution in [0.5, 0.6) is 0 Å². The molecule has 1 aromatic rings. The average Bonchev–Trinajstić information content (AvgIpc) is 3.05. The molecule has 2 fully saturated rings. The van der Waals surface area contributed by atoms with Gasteiger partial charge in [-0.2, -0.15) is 0 Å². The van der Waals surface area contributed by atoms with Crippen molar-refractivity contribution < 1.29 is 9.60 Å². The van der Waals surface area contributed by atoms with Gasteiger partial charge in [0.15, 0.2) is 0 Å². The van der Waals surface area contributed by atoms with E-state index in [4.69, 9.17) is 0 Å². The fourth-order valence-corrected chi connectivity index (χ4v) is 7.04. The number of allylic oxidation sites excluding steroid dienone is 6. The molecule has 1 N–H and O–H groups in total. The Kier molecular flexibility index (Phi) is 4.13. The summed E-state index contributed by atoms with van der Waals surface area (Å²) < 4.78 is 13.8. The van der Waals surface area contributed by atoms with Gasteiger partial charge in [-0.3, -0.25) is 4.98 Å². The Morgan fingerprint density at radius 1 is 1.17 bits per heavy atom. The van der Waals surface area contributed by atoms with Crippen LogP contribution in [0.15, 0.2) is 53.0 Å². The van der Waals surface area contributed by atoms with Crippen molar-refractivity contribution in [3.8, 4) is 0 Å². The summed E-state index contributed by atoms with van der Waals surface area (Å²) in [5.74, 6) is 1.37. The molecule has 3 nitrogen and oxygen atoms in total. The first-order chi connectivity index (χ1) is 13.9. The SMILES string of the molecule is CC1C[C@H]2C3=CC=C(c4cncc(F)c4)[C@@]3(C)CC[C@@H]2[C@@]2(C)CC/C(=N\O)C=C12. The van der Waals surface area contributed by atoms with E-state index in [1.165, 1.54) is 29.3 Å². The predicted molar refractivity (Wildman–Crippen MR) is 113 cm³/mol. The summed E-state index contributed by atoms with van der Waals surface area (Å²) in [5, 5.41) is 12.8. The lowest BCUT2D eigenvalue weighted by molar-refractivity contribution is 0.0532. The number of hydrogen-bond acceptors (Lipinski definition) is 3. The second-order valence-corrected chi connectivity index (χ2v) is 9.92. The molecule has 1 heterocycles. The predicted octanol–water partition coefficient (Wildman–Crippen LogP) is 6.17. The molecule has 29 heavy (non-hydrogen) atoms. The molecule has 1 unspecified atom stereocenters. The summed E-state index contributed by atoms with van der Waals surface area (Å²) in [7, 11) is 0. The highest BCUT2D eigenvalue weighted by Crippen LogP contribution is 2.66. The van der Waals surface area contributed by atoms with E-state index in [9.17, 15) is 9.60 Å². The highest BCUT2D eigenvalue weighted by atomic mass is 19.1. The van der Waals surface area contributed by atoms with Crippen LogP contribution in [0, 0.1) is 34.4 Å². The van der Waals surface area contributed by atoms with E-state index < -0.39 is 0 Å². The Balaban J connectivity index is 1.51. The van der Waals surface area contributed by atoms with Crippen molar-refractivity contribution in [3.05, 3.63) is 59.2 Å². The molecule has 0 spiro atoms. The van der Waals surface area contributed by atoms with Crippen LogP contribution < -0.4 is 0 Å². The molecule has 0 aliphatic heterocycles. The number of pyridine rings is 1. The topological polar surface area (TPSA) is 45.5 Å². The van der Waals surface area contributed by atoms with E-state index in [0.29, 0.717) is 17.8 Å². The summed E-state index contributed by atoms with van der Waals surface area (Å²) in [6.07, 6.45) is 15.1. The number of hydrogen-bond donors (Lipinski definition) is 1. The van der Waals surface area contributed by atoms with Crippen LogP contribution >= 0.6 is 0 Å². The maximum Gasteiger partial charge on any atom is 0.142 e. The zero-order valence-corrected chi connectivity index (χ0v) is 17.5. The number of aromatic nitrogens is 1. The molecule has 0 bridgehead atoms. The second kappa shape index (κ2) is 6.38. The lowest BCUT2D eigenvalue weighted by atomic mass is 9.46. The molecule has 4 aliphatic carbocycles. The van der Waals surface area contributed by atoms with Gasteiger partial charge in [0.25, 0.3) is 0 Å². The number of fused-ring (bicyclic) bond motifs is 5. The van der Waals surface area contributed by atoms with Crippen LogP contribution in [0.4, 0.5) is 4.39 Å². The third kappa shape index (κ3) is 2.60. The molecule has 2 saturated carbocycles. The van der Waals surface area contributed by atoms with Gasteiger partial charge in [0, 0.05) is 11.6 Å². The first-order valence-electron chi connectivity index (χ1n) is 10.8. The molecule has 0 saturated heterocycles. The fraction of sp³-hybridized carbons (Fsp3) is 0.520. The fourth-order valence-electron chi connectivity index (χ4n) is 7.04. The Morgan fingerprint density at radius 3 is 2.76 bits per heavy atom. The monoisotopic (exact) mass is 392 g/mol. The van der Waals surface area contributed by atoms with Crippen molar-refractivity contribution in [2.24, 2.45) is 33.7 Å². The Bertz CT molecular complexity index is 990. The largest absolute Gasteiger partial charge is 0.411 e. The molecule has 5 atom stereocenters. The summed E-state index contributed by atoms with van der Waals surface area (Å²) in [6, 6.07) is 1.62. The van der Waals surface area contributed by atoms with Crippen molar-refractivity contribution in [2.45, 2.75) is 52.9 Å². The van der Waals surface area contributed by atoms with Gasteiger partial charge in [-0.05, 0) is 78.6 Å². The third-order valence-electron chi connectivity index (χ3n) is 8.48. The Labute approximate surface area is 172 Å². The lowest BCUT2D eigenvalue weighted by Gasteiger charge is -2.57. The normalized spacial score (nSPS) is 39.8. The minimum Gasteiger partial charge on any atom is -0.411 e. The first kappa shape index (κ1) is 18.8. The molecular formula is C25H29FN2O. The number of rotatable bonds is 1. The number of nitrogens with zero attached hydrogens (tertiary/aromatic N) is 2. The zero-order chi connectivity index (χ0) is 20.4. The van der Waals surface area contributed by atoms with Gasteiger partial charge in [0.2, 0.25) is 0 Å². The third-order valence-corrected chi connectivity index (χ3v) is 8.48. The van der Waals surface area contributed by atoms with Crippen molar-refractivity contribution in [3.63, 3.8) is 0 Å². The van der Waals surface area contributed by atoms with Crippen LogP contribution in [-0.2, 0) is 0 Å².